The van der Waals surface area contributed by atoms with Crippen LogP contribution in [0.3, 0.4) is 0 Å². The van der Waals surface area contributed by atoms with Crippen molar-refractivity contribution < 1.29 is 9.53 Å². The fraction of sp³-hybridized carbons (Fsp3) is 0.625. The molecule has 1 aromatic heterocycles. The van der Waals surface area contributed by atoms with Crippen molar-refractivity contribution in [2.24, 2.45) is 5.73 Å². The molecule has 4 heteroatoms. The molecule has 2 rings (SSSR count). The number of Topliss-reactive ketones (excluding diaryl/α,β-unsaturated/α-hetero) is 1. The summed E-state index contributed by atoms with van der Waals surface area (Å²) in [5.74, 6) is 0.733. The van der Waals surface area contributed by atoms with Crippen LogP contribution in [0.1, 0.15) is 62.2 Å². The second-order valence-corrected chi connectivity index (χ2v) is 5.78. The predicted molar refractivity (Wildman–Crippen MR) is 79.0 cm³/mol. The highest BCUT2D eigenvalue weighted by Crippen LogP contribution is 2.30. The predicted octanol–water partition coefficient (Wildman–Crippen LogP) is 3.10. The van der Waals surface area contributed by atoms with Gasteiger partial charge in [0.05, 0.1) is 12.8 Å². The van der Waals surface area contributed by atoms with Gasteiger partial charge in [-0.2, -0.15) is 0 Å². The third-order valence-electron chi connectivity index (χ3n) is 3.87. The van der Waals surface area contributed by atoms with Gasteiger partial charge in [0, 0.05) is 23.7 Å². The van der Waals surface area contributed by atoms with Gasteiger partial charge in [-0.15, -0.1) is 0 Å². The average molecular weight is 276 g/mol. The first kappa shape index (κ1) is 15.0. The summed E-state index contributed by atoms with van der Waals surface area (Å²) < 4.78 is 5.52. The van der Waals surface area contributed by atoms with E-state index in [9.17, 15) is 4.79 Å². The Kier molecular flexibility index (Phi) is 5.12. The molecule has 0 bridgehead atoms. The first-order valence-corrected chi connectivity index (χ1v) is 7.53. The number of ether oxygens (including phenoxy) is 1. The molecule has 0 radical (unpaired) electrons. The Morgan fingerprint density at radius 1 is 1.35 bits per heavy atom. The second kappa shape index (κ2) is 6.84. The summed E-state index contributed by atoms with van der Waals surface area (Å²) in [5, 5.41) is 0. The van der Waals surface area contributed by atoms with Crippen molar-refractivity contribution in [1.29, 1.82) is 0 Å². The number of nitrogens with two attached hydrogens (primary N) is 1. The highest BCUT2D eigenvalue weighted by Gasteiger charge is 2.30. The quantitative estimate of drug-likeness (QED) is 0.811. The summed E-state index contributed by atoms with van der Waals surface area (Å²) in [6.45, 7) is 2.68. The van der Waals surface area contributed by atoms with Crippen LogP contribution in [0.5, 0.6) is 5.75 Å². The lowest BCUT2D eigenvalue weighted by atomic mass is 9.78. The van der Waals surface area contributed by atoms with Crippen LogP contribution in [-0.2, 0) is 0 Å². The zero-order chi connectivity index (χ0) is 14.4. The Morgan fingerprint density at radius 3 is 2.80 bits per heavy atom. The van der Waals surface area contributed by atoms with Crippen molar-refractivity contribution in [3.05, 3.63) is 24.0 Å². The molecule has 1 heterocycles. The van der Waals surface area contributed by atoms with E-state index in [1.807, 2.05) is 6.92 Å². The number of carbonyl (C=O) groups excluding carboxylic acids is 1. The lowest BCUT2D eigenvalue weighted by Crippen LogP contribution is -2.43. The smallest absolute Gasteiger partial charge is 0.166 e. The van der Waals surface area contributed by atoms with E-state index in [4.69, 9.17) is 10.5 Å². The number of hydrogen-bond acceptors (Lipinski definition) is 4. The van der Waals surface area contributed by atoms with Gasteiger partial charge < -0.3 is 10.5 Å². The monoisotopic (exact) mass is 276 g/mol. The van der Waals surface area contributed by atoms with Gasteiger partial charge in [0.1, 0.15) is 5.75 Å². The van der Waals surface area contributed by atoms with Crippen LogP contribution in [0.2, 0.25) is 0 Å². The van der Waals surface area contributed by atoms with Crippen molar-refractivity contribution in [1.82, 2.24) is 4.98 Å². The SMILES string of the molecule is CCCOc1cncc(C(=O)CC2(N)CCCCC2)c1. The minimum Gasteiger partial charge on any atom is -0.492 e. The Bertz CT molecular complexity index is 454. The van der Waals surface area contributed by atoms with Crippen LogP contribution in [0.25, 0.3) is 0 Å². The summed E-state index contributed by atoms with van der Waals surface area (Å²) in [4.78, 5) is 16.5. The summed E-state index contributed by atoms with van der Waals surface area (Å²) in [6.07, 6.45) is 9.96. The molecule has 0 spiro atoms. The van der Waals surface area contributed by atoms with E-state index in [1.165, 1.54) is 6.42 Å². The van der Waals surface area contributed by atoms with Gasteiger partial charge in [-0.3, -0.25) is 9.78 Å². The molecule has 0 amide bonds. The molecule has 0 atom stereocenters. The van der Waals surface area contributed by atoms with E-state index in [0.717, 1.165) is 32.1 Å². The summed E-state index contributed by atoms with van der Waals surface area (Å²) >= 11 is 0. The third kappa shape index (κ3) is 4.04. The van der Waals surface area contributed by atoms with Gasteiger partial charge in [-0.25, -0.2) is 0 Å². The third-order valence-corrected chi connectivity index (χ3v) is 3.87. The maximum atomic E-state index is 12.4. The molecule has 1 aliphatic rings. The largest absolute Gasteiger partial charge is 0.492 e. The number of aromatic nitrogens is 1. The summed E-state index contributed by atoms with van der Waals surface area (Å²) in [7, 11) is 0. The highest BCUT2D eigenvalue weighted by molar-refractivity contribution is 5.96. The van der Waals surface area contributed by atoms with Crippen molar-refractivity contribution in [2.75, 3.05) is 6.61 Å². The average Bonchev–Trinajstić information content (AvgIpc) is 2.45. The summed E-state index contributed by atoms with van der Waals surface area (Å²) in [6, 6.07) is 1.77. The van der Waals surface area contributed by atoms with Crippen molar-refractivity contribution >= 4 is 5.78 Å². The summed E-state index contributed by atoms with van der Waals surface area (Å²) in [5.41, 5.74) is 6.62. The highest BCUT2D eigenvalue weighted by atomic mass is 16.5. The molecule has 0 saturated heterocycles. The van der Waals surface area contributed by atoms with Crippen LogP contribution >= 0.6 is 0 Å². The number of pyridine rings is 1. The normalized spacial score (nSPS) is 17.7. The Balaban J connectivity index is 2.01. The molecule has 2 N–H and O–H groups in total. The molecule has 1 aliphatic carbocycles. The molecular formula is C16H24N2O2. The standard InChI is InChI=1S/C16H24N2O2/c1-2-8-20-14-9-13(11-18-12-14)15(19)10-16(17)6-4-3-5-7-16/h9,11-12H,2-8,10,17H2,1H3. The maximum absolute atomic E-state index is 12.4. The van der Waals surface area contributed by atoms with Crippen molar-refractivity contribution in [3.8, 4) is 5.75 Å². The van der Waals surface area contributed by atoms with E-state index in [1.54, 1.807) is 18.5 Å². The van der Waals surface area contributed by atoms with E-state index in [-0.39, 0.29) is 11.3 Å². The van der Waals surface area contributed by atoms with Crippen LogP contribution in [0, 0.1) is 0 Å². The van der Waals surface area contributed by atoms with Gasteiger partial charge in [-0.05, 0) is 25.3 Å². The molecular weight excluding hydrogens is 252 g/mol. The zero-order valence-electron chi connectivity index (χ0n) is 12.2. The molecule has 110 valence electrons. The van der Waals surface area contributed by atoms with Crippen molar-refractivity contribution in [2.45, 2.75) is 57.4 Å². The number of ketones is 1. The molecule has 1 aromatic rings. The number of carbonyl (C=O) groups is 1. The number of hydrogen-bond donors (Lipinski definition) is 1. The zero-order valence-corrected chi connectivity index (χ0v) is 12.2. The lowest BCUT2D eigenvalue weighted by molar-refractivity contribution is 0.0934. The number of rotatable bonds is 6. The van der Waals surface area contributed by atoms with E-state index in [2.05, 4.69) is 4.98 Å². The Hall–Kier alpha value is -1.42. The van der Waals surface area contributed by atoms with Gasteiger partial charge in [0.15, 0.2) is 5.78 Å². The fourth-order valence-corrected chi connectivity index (χ4v) is 2.72. The van der Waals surface area contributed by atoms with E-state index < -0.39 is 0 Å². The molecule has 20 heavy (non-hydrogen) atoms. The molecule has 4 nitrogen and oxygen atoms in total. The van der Waals surface area contributed by atoms with Crippen LogP contribution in [-0.4, -0.2) is 22.9 Å². The number of nitrogens with zero attached hydrogens (tertiary/aromatic N) is 1. The van der Waals surface area contributed by atoms with Gasteiger partial charge in [0.2, 0.25) is 0 Å². The Morgan fingerprint density at radius 2 is 2.10 bits per heavy atom. The molecule has 0 aliphatic heterocycles. The lowest BCUT2D eigenvalue weighted by Gasteiger charge is -2.32. The molecule has 1 fully saturated rings. The van der Waals surface area contributed by atoms with Crippen LogP contribution < -0.4 is 10.5 Å². The van der Waals surface area contributed by atoms with Gasteiger partial charge >= 0.3 is 0 Å². The van der Waals surface area contributed by atoms with E-state index in [0.29, 0.717) is 24.3 Å². The Labute approximate surface area is 120 Å². The topological polar surface area (TPSA) is 65.2 Å². The molecule has 0 unspecified atom stereocenters. The first-order valence-electron chi connectivity index (χ1n) is 7.53. The van der Waals surface area contributed by atoms with Gasteiger partial charge in [0.25, 0.3) is 0 Å². The minimum absolute atomic E-state index is 0.0730. The van der Waals surface area contributed by atoms with E-state index >= 15 is 0 Å². The van der Waals surface area contributed by atoms with Crippen molar-refractivity contribution in [3.63, 3.8) is 0 Å². The molecule has 0 aromatic carbocycles. The van der Waals surface area contributed by atoms with Gasteiger partial charge in [-0.1, -0.05) is 26.2 Å². The minimum atomic E-state index is -0.324. The fourth-order valence-electron chi connectivity index (χ4n) is 2.72. The van der Waals surface area contributed by atoms with Crippen LogP contribution in [0.4, 0.5) is 0 Å². The molecule has 1 saturated carbocycles. The second-order valence-electron chi connectivity index (χ2n) is 5.78. The maximum Gasteiger partial charge on any atom is 0.166 e. The first-order chi connectivity index (χ1) is 9.63. The van der Waals surface area contributed by atoms with Crippen LogP contribution in [0.15, 0.2) is 18.5 Å².